The summed E-state index contributed by atoms with van der Waals surface area (Å²) in [4.78, 5) is 9.33. The molecule has 0 amide bonds. The number of halogens is 1. The van der Waals surface area contributed by atoms with Crippen molar-refractivity contribution < 1.29 is 0 Å². The number of aliphatic imine (C=N–C) groups is 1. The van der Waals surface area contributed by atoms with Gasteiger partial charge >= 0.3 is 0 Å². The predicted molar refractivity (Wildman–Crippen MR) is 128 cm³/mol. The molecule has 1 aromatic carbocycles. The quantitative estimate of drug-likeness (QED) is 0.256. The van der Waals surface area contributed by atoms with E-state index in [9.17, 15) is 0 Å². The van der Waals surface area contributed by atoms with Gasteiger partial charge in [-0.1, -0.05) is 36.8 Å². The van der Waals surface area contributed by atoms with Gasteiger partial charge in [-0.2, -0.15) is 0 Å². The van der Waals surface area contributed by atoms with Crippen molar-refractivity contribution in [2.45, 2.75) is 32.6 Å². The number of benzene rings is 1. The van der Waals surface area contributed by atoms with Gasteiger partial charge in [-0.15, -0.1) is 24.0 Å². The number of guanidine groups is 1. The van der Waals surface area contributed by atoms with Gasteiger partial charge in [0.15, 0.2) is 5.96 Å². The maximum absolute atomic E-state index is 4.35. The number of piperazine rings is 1. The third kappa shape index (κ3) is 9.25. The van der Waals surface area contributed by atoms with Crippen LogP contribution in [0.25, 0.3) is 0 Å². The van der Waals surface area contributed by atoms with Crippen molar-refractivity contribution in [2.75, 3.05) is 59.9 Å². The zero-order chi connectivity index (χ0) is 18.8. The normalized spacial score (nSPS) is 17.3. The standard InChI is InChI=1S/C21H37N5.HI/c1-18-8-7-9-20(16-18)19(2)17-24-21(22-3)23-10-5-6-11-26-14-12-25(4)13-15-26;/h7-9,16,19H,5-6,10-15,17H2,1-4H3,(H2,22,23,24);1H. The molecule has 1 saturated heterocycles. The molecule has 1 aliphatic rings. The second-order valence-electron chi connectivity index (χ2n) is 7.55. The van der Waals surface area contributed by atoms with Crippen LogP contribution in [-0.2, 0) is 0 Å². The molecule has 1 heterocycles. The van der Waals surface area contributed by atoms with Crippen LogP contribution in [0.1, 0.15) is 36.8 Å². The number of rotatable bonds is 8. The van der Waals surface area contributed by atoms with Crippen LogP contribution in [0.4, 0.5) is 0 Å². The minimum Gasteiger partial charge on any atom is -0.356 e. The number of hydrogen-bond acceptors (Lipinski definition) is 3. The van der Waals surface area contributed by atoms with Crippen LogP contribution in [0.15, 0.2) is 29.3 Å². The van der Waals surface area contributed by atoms with Crippen LogP contribution in [0.3, 0.4) is 0 Å². The fourth-order valence-corrected chi connectivity index (χ4v) is 3.30. The van der Waals surface area contributed by atoms with E-state index in [-0.39, 0.29) is 24.0 Å². The largest absolute Gasteiger partial charge is 0.356 e. The molecule has 154 valence electrons. The van der Waals surface area contributed by atoms with Gasteiger partial charge in [-0.05, 0) is 44.8 Å². The molecule has 2 rings (SSSR count). The number of likely N-dealkylation sites (N-methyl/N-ethyl adjacent to an activating group) is 1. The summed E-state index contributed by atoms with van der Waals surface area (Å²) in [6.07, 6.45) is 2.42. The van der Waals surface area contributed by atoms with Gasteiger partial charge in [-0.25, -0.2) is 0 Å². The first kappa shape index (κ1) is 24.2. The molecule has 1 unspecified atom stereocenters. The summed E-state index contributed by atoms with van der Waals surface area (Å²) in [6, 6.07) is 8.75. The fraction of sp³-hybridized carbons (Fsp3) is 0.667. The number of hydrogen-bond donors (Lipinski definition) is 2. The van der Waals surface area contributed by atoms with E-state index in [1.54, 1.807) is 0 Å². The smallest absolute Gasteiger partial charge is 0.190 e. The first-order valence-electron chi connectivity index (χ1n) is 10.0. The Kier molecular flexibility index (Phi) is 11.9. The van der Waals surface area contributed by atoms with Crippen LogP contribution in [0, 0.1) is 6.92 Å². The van der Waals surface area contributed by atoms with E-state index in [1.165, 1.54) is 56.7 Å². The minimum atomic E-state index is 0. The molecule has 6 heteroatoms. The Morgan fingerprint density at radius 3 is 2.56 bits per heavy atom. The number of nitrogens with zero attached hydrogens (tertiary/aromatic N) is 3. The molecule has 0 radical (unpaired) electrons. The Labute approximate surface area is 183 Å². The average Bonchev–Trinajstić information content (AvgIpc) is 2.65. The van der Waals surface area contributed by atoms with E-state index in [2.05, 4.69) is 70.6 Å². The molecule has 2 N–H and O–H groups in total. The second kappa shape index (κ2) is 13.3. The average molecular weight is 487 g/mol. The molecule has 1 fully saturated rings. The summed E-state index contributed by atoms with van der Waals surface area (Å²) in [6.45, 7) is 12.3. The van der Waals surface area contributed by atoms with Gasteiger partial charge in [0.2, 0.25) is 0 Å². The number of aryl methyl sites for hydroxylation is 1. The highest BCUT2D eigenvalue weighted by atomic mass is 127. The monoisotopic (exact) mass is 487 g/mol. The zero-order valence-corrected chi connectivity index (χ0v) is 19.8. The molecule has 0 saturated carbocycles. The van der Waals surface area contributed by atoms with Crippen molar-refractivity contribution >= 4 is 29.9 Å². The number of unbranched alkanes of at least 4 members (excludes halogenated alkanes) is 1. The lowest BCUT2D eigenvalue weighted by molar-refractivity contribution is 0.152. The lowest BCUT2D eigenvalue weighted by Crippen LogP contribution is -2.44. The topological polar surface area (TPSA) is 42.9 Å². The van der Waals surface area contributed by atoms with Crippen LogP contribution >= 0.6 is 24.0 Å². The summed E-state index contributed by atoms with van der Waals surface area (Å²) in [5.74, 6) is 1.37. The maximum atomic E-state index is 4.35. The van der Waals surface area contributed by atoms with Crippen LogP contribution < -0.4 is 10.6 Å². The van der Waals surface area contributed by atoms with Gasteiger partial charge in [0.25, 0.3) is 0 Å². The molecule has 27 heavy (non-hydrogen) atoms. The lowest BCUT2D eigenvalue weighted by Gasteiger charge is -2.32. The summed E-state index contributed by atoms with van der Waals surface area (Å²) in [5.41, 5.74) is 2.69. The SMILES string of the molecule is CN=C(NCCCCN1CCN(C)CC1)NCC(C)c1cccc(C)c1.I. The first-order chi connectivity index (χ1) is 12.6. The van der Waals surface area contributed by atoms with Gasteiger partial charge in [-0.3, -0.25) is 4.99 Å². The van der Waals surface area contributed by atoms with E-state index in [0.717, 1.165) is 19.0 Å². The minimum absolute atomic E-state index is 0. The number of nitrogens with one attached hydrogen (secondary N) is 2. The highest BCUT2D eigenvalue weighted by Gasteiger charge is 2.12. The molecule has 0 bridgehead atoms. The Morgan fingerprint density at radius 1 is 1.15 bits per heavy atom. The van der Waals surface area contributed by atoms with E-state index < -0.39 is 0 Å². The molecular formula is C21H38IN5. The van der Waals surface area contributed by atoms with Crippen molar-refractivity contribution in [3.63, 3.8) is 0 Å². The van der Waals surface area contributed by atoms with Crippen LogP contribution in [-0.4, -0.2) is 75.7 Å². The lowest BCUT2D eigenvalue weighted by atomic mass is 9.99. The van der Waals surface area contributed by atoms with Crippen molar-refractivity contribution in [3.8, 4) is 0 Å². The third-order valence-corrected chi connectivity index (χ3v) is 5.20. The highest BCUT2D eigenvalue weighted by molar-refractivity contribution is 14.0. The van der Waals surface area contributed by atoms with E-state index in [4.69, 9.17) is 0 Å². The molecule has 0 spiro atoms. The highest BCUT2D eigenvalue weighted by Crippen LogP contribution is 2.15. The summed E-state index contributed by atoms with van der Waals surface area (Å²) >= 11 is 0. The molecular weight excluding hydrogens is 449 g/mol. The van der Waals surface area contributed by atoms with Crippen molar-refractivity contribution in [2.24, 2.45) is 4.99 Å². The molecule has 1 aliphatic heterocycles. The maximum Gasteiger partial charge on any atom is 0.190 e. The summed E-state index contributed by atoms with van der Waals surface area (Å²) in [7, 11) is 4.05. The van der Waals surface area contributed by atoms with Crippen molar-refractivity contribution in [3.05, 3.63) is 35.4 Å². The molecule has 0 aromatic heterocycles. The molecule has 5 nitrogen and oxygen atoms in total. The summed E-state index contributed by atoms with van der Waals surface area (Å²) in [5, 5.41) is 6.90. The van der Waals surface area contributed by atoms with Gasteiger partial charge in [0, 0.05) is 46.3 Å². The zero-order valence-electron chi connectivity index (χ0n) is 17.5. The van der Waals surface area contributed by atoms with Crippen molar-refractivity contribution in [1.82, 2.24) is 20.4 Å². The van der Waals surface area contributed by atoms with Crippen LogP contribution in [0.2, 0.25) is 0 Å². The Bertz CT molecular complexity index is 555. The molecule has 1 aromatic rings. The first-order valence-corrected chi connectivity index (χ1v) is 10.0. The van der Waals surface area contributed by atoms with E-state index in [1.807, 2.05) is 7.05 Å². The van der Waals surface area contributed by atoms with Gasteiger partial charge < -0.3 is 20.4 Å². The fourth-order valence-electron chi connectivity index (χ4n) is 3.30. The van der Waals surface area contributed by atoms with Gasteiger partial charge in [0.1, 0.15) is 0 Å². The van der Waals surface area contributed by atoms with Crippen molar-refractivity contribution in [1.29, 1.82) is 0 Å². The third-order valence-electron chi connectivity index (χ3n) is 5.20. The Morgan fingerprint density at radius 2 is 1.89 bits per heavy atom. The molecule has 1 atom stereocenters. The second-order valence-corrected chi connectivity index (χ2v) is 7.55. The Hall–Kier alpha value is -0.860. The van der Waals surface area contributed by atoms with Crippen LogP contribution in [0.5, 0.6) is 0 Å². The molecule has 0 aliphatic carbocycles. The van der Waals surface area contributed by atoms with E-state index >= 15 is 0 Å². The van der Waals surface area contributed by atoms with Gasteiger partial charge in [0.05, 0.1) is 0 Å². The summed E-state index contributed by atoms with van der Waals surface area (Å²) < 4.78 is 0. The van der Waals surface area contributed by atoms with E-state index in [0.29, 0.717) is 5.92 Å². The predicted octanol–water partition coefficient (Wildman–Crippen LogP) is 2.91. The Balaban J connectivity index is 0.00000364.